The van der Waals surface area contributed by atoms with Crippen LogP contribution in [-0.2, 0) is 4.74 Å². The van der Waals surface area contributed by atoms with Gasteiger partial charge in [-0.1, -0.05) is 0 Å². The summed E-state index contributed by atoms with van der Waals surface area (Å²) in [5.74, 6) is -0.875. The van der Waals surface area contributed by atoms with Crippen LogP contribution in [0.15, 0.2) is 18.3 Å². The fraction of sp³-hybridized carbons (Fsp3) is 0.500. The summed E-state index contributed by atoms with van der Waals surface area (Å²) < 4.78 is 40.0. The molecule has 0 amide bonds. The van der Waals surface area contributed by atoms with E-state index in [1.807, 2.05) is 18.7 Å². The highest BCUT2D eigenvalue weighted by molar-refractivity contribution is 5.72. The first-order valence-electron chi connectivity index (χ1n) is 9.72. The number of rotatable bonds is 4. The molecule has 7 nitrogen and oxygen atoms in total. The zero-order chi connectivity index (χ0) is 20.5. The maximum absolute atomic E-state index is 14.7. The molecule has 0 spiro atoms. The van der Waals surface area contributed by atoms with Gasteiger partial charge in [-0.25, -0.2) is 18.7 Å². The highest BCUT2D eigenvalue weighted by atomic mass is 19.1. The summed E-state index contributed by atoms with van der Waals surface area (Å²) in [5.41, 5.74) is 0.863. The molecule has 2 aromatic rings. The Hall–Kier alpha value is -2.52. The van der Waals surface area contributed by atoms with Crippen molar-refractivity contribution in [3.63, 3.8) is 0 Å². The van der Waals surface area contributed by atoms with Crippen LogP contribution in [0, 0.1) is 11.6 Å². The molecule has 2 aliphatic rings. The zero-order valence-electron chi connectivity index (χ0n) is 16.4. The molecule has 9 heteroatoms. The van der Waals surface area contributed by atoms with Gasteiger partial charge in [0, 0.05) is 18.2 Å². The Bertz CT molecular complexity index is 896. The van der Waals surface area contributed by atoms with Crippen molar-refractivity contribution >= 4 is 11.6 Å². The molecular formula is C20H24F2N4O3. The van der Waals surface area contributed by atoms with Gasteiger partial charge in [0.1, 0.15) is 12.3 Å². The highest BCUT2D eigenvalue weighted by Gasteiger charge is 2.27. The second kappa shape index (κ2) is 8.08. The Balaban J connectivity index is 1.69. The summed E-state index contributed by atoms with van der Waals surface area (Å²) >= 11 is 0. The lowest BCUT2D eigenvalue weighted by Crippen LogP contribution is -2.42. The SMILES string of the molecule is CC(C)N1CCOc2c(F)cc(-c3nc(N[C@@H]4CCOC[C@H]4O)ncc3F)cc21. The summed E-state index contributed by atoms with van der Waals surface area (Å²) in [6.45, 7) is 5.74. The summed E-state index contributed by atoms with van der Waals surface area (Å²) in [6, 6.07) is 2.75. The number of anilines is 2. The van der Waals surface area contributed by atoms with Crippen molar-refractivity contribution in [3.05, 3.63) is 30.0 Å². The summed E-state index contributed by atoms with van der Waals surface area (Å²) in [7, 11) is 0. The fourth-order valence-corrected chi connectivity index (χ4v) is 3.67. The Morgan fingerprint density at radius 3 is 2.83 bits per heavy atom. The maximum atomic E-state index is 14.7. The van der Waals surface area contributed by atoms with Crippen LogP contribution in [0.5, 0.6) is 5.75 Å². The minimum atomic E-state index is -0.709. The van der Waals surface area contributed by atoms with Crippen molar-refractivity contribution in [2.24, 2.45) is 0 Å². The van der Waals surface area contributed by atoms with Crippen molar-refractivity contribution in [3.8, 4) is 17.0 Å². The highest BCUT2D eigenvalue weighted by Crippen LogP contribution is 2.39. The minimum absolute atomic E-state index is 0.0139. The molecule has 2 N–H and O–H groups in total. The quantitative estimate of drug-likeness (QED) is 0.808. The molecule has 2 aliphatic heterocycles. The molecule has 2 atom stereocenters. The fourth-order valence-electron chi connectivity index (χ4n) is 3.67. The molecule has 1 fully saturated rings. The van der Waals surface area contributed by atoms with E-state index >= 15 is 0 Å². The lowest BCUT2D eigenvalue weighted by Gasteiger charge is -2.34. The van der Waals surface area contributed by atoms with Gasteiger partial charge in [-0.3, -0.25) is 0 Å². The van der Waals surface area contributed by atoms with Gasteiger partial charge in [0.05, 0.1) is 37.2 Å². The molecule has 0 saturated carbocycles. The third-order valence-corrected chi connectivity index (χ3v) is 5.19. The number of aromatic nitrogens is 2. The van der Waals surface area contributed by atoms with E-state index in [-0.39, 0.29) is 36.1 Å². The van der Waals surface area contributed by atoms with Gasteiger partial charge in [-0.05, 0) is 32.4 Å². The van der Waals surface area contributed by atoms with E-state index in [1.54, 1.807) is 6.07 Å². The van der Waals surface area contributed by atoms with E-state index in [4.69, 9.17) is 9.47 Å². The van der Waals surface area contributed by atoms with Gasteiger partial charge in [-0.2, -0.15) is 0 Å². The van der Waals surface area contributed by atoms with E-state index in [1.165, 1.54) is 6.07 Å². The second-order valence-electron chi connectivity index (χ2n) is 7.51. The van der Waals surface area contributed by atoms with Crippen molar-refractivity contribution in [1.82, 2.24) is 9.97 Å². The van der Waals surface area contributed by atoms with Crippen LogP contribution in [0.25, 0.3) is 11.3 Å². The Morgan fingerprint density at radius 1 is 1.24 bits per heavy atom. The van der Waals surface area contributed by atoms with Gasteiger partial charge in [0.2, 0.25) is 5.95 Å². The Morgan fingerprint density at radius 2 is 2.07 bits per heavy atom. The van der Waals surface area contributed by atoms with E-state index < -0.39 is 17.7 Å². The van der Waals surface area contributed by atoms with Gasteiger partial charge >= 0.3 is 0 Å². The van der Waals surface area contributed by atoms with Crippen molar-refractivity contribution < 1.29 is 23.4 Å². The van der Waals surface area contributed by atoms with Crippen molar-refractivity contribution in [1.29, 1.82) is 0 Å². The Kier molecular flexibility index (Phi) is 5.51. The first-order valence-corrected chi connectivity index (χ1v) is 9.72. The number of nitrogens with zero attached hydrogens (tertiary/aromatic N) is 3. The van der Waals surface area contributed by atoms with E-state index in [2.05, 4.69) is 15.3 Å². The van der Waals surface area contributed by atoms with Crippen LogP contribution in [-0.4, -0.2) is 59.6 Å². The minimum Gasteiger partial charge on any atom is -0.486 e. The number of aliphatic hydroxyl groups is 1. The van der Waals surface area contributed by atoms with Crippen LogP contribution >= 0.6 is 0 Å². The number of hydrogen-bond acceptors (Lipinski definition) is 7. The topological polar surface area (TPSA) is 79.7 Å². The zero-order valence-corrected chi connectivity index (χ0v) is 16.4. The number of nitrogens with one attached hydrogen (secondary N) is 1. The maximum Gasteiger partial charge on any atom is 0.223 e. The number of halogens is 2. The monoisotopic (exact) mass is 406 g/mol. The van der Waals surface area contributed by atoms with Crippen molar-refractivity contribution in [2.45, 2.75) is 38.5 Å². The summed E-state index contributed by atoms with van der Waals surface area (Å²) in [4.78, 5) is 10.2. The van der Waals surface area contributed by atoms with Crippen LogP contribution in [0.2, 0.25) is 0 Å². The number of fused-ring (bicyclic) bond motifs is 1. The molecule has 0 aliphatic carbocycles. The molecular weight excluding hydrogens is 382 g/mol. The third-order valence-electron chi connectivity index (χ3n) is 5.19. The number of benzene rings is 1. The largest absolute Gasteiger partial charge is 0.486 e. The molecule has 0 bridgehead atoms. The molecule has 29 heavy (non-hydrogen) atoms. The van der Waals surface area contributed by atoms with Crippen LogP contribution < -0.4 is 15.0 Å². The molecule has 156 valence electrons. The lowest BCUT2D eigenvalue weighted by molar-refractivity contribution is -0.0136. The smallest absolute Gasteiger partial charge is 0.223 e. The first kappa shape index (κ1) is 19.8. The molecule has 4 rings (SSSR count). The normalized spacial score (nSPS) is 21.7. The van der Waals surface area contributed by atoms with Crippen LogP contribution in [0.4, 0.5) is 20.4 Å². The number of hydrogen-bond donors (Lipinski definition) is 2. The van der Waals surface area contributed by atoms with Crippen LogP contribution in [0.1, 0.15) is 20.3 Å². The molecule has 1 aromatic carbocycles. The van der Waals surface area contributed by atoms with Gasteiger partial charge in [0.25, 0.3) is 0 Å². The van der Waals surface area contributed by atoms with Gasteiger partial charge in [0.15, 0.2) is 17.4 Å². The van der Waals surface area contributed by atoms with Crippen LogP contribution in [0.3, 0.4) is 0 Å². The average Bonchev–Trinajstić information content (AvgIpc) is 2.70. The van der Waals surface area contributed by atoms with E-state index in [9.17, 15) is 13.9 Å². The predicted molar refractivity (Wildman–Crippen MR) is 104 cm³/mol. The first-order chi connectivity index (χ1) is 13.9. The molecule has 3 heterocycles. The summed E-state index contributed by atoms with van der Waals surface area (Å²) in [6.07, 6.45) is 0.911. The molecule has 1 saturated heterocycles. The molecule has 0 radical (unpaired) electrons. The van der Waals surface area contributed by atoms with Gasteiger partial charge < -0.3 is 24.8 Å². The predicted octanol–water partition coefficient (Wildman–Crippen LogP) is 2.59. The van der Waals surface area contributed by atoms with Crippen molar-refractivity contribution in [2.75, 3.05) is 36.6 Å². The standard InChI is InChI=1S/C20H24F2N4O3/c1-11(2)26-4-6-29-19-13(21)7-12(8-16(19)26)18-14(22)9-23-20(25-18)24-15-3-5-28-10-17(15)27/h7-9,11,15,17,27H,3-6,10H2,1-2H3,(H,23,24,25)/t15-,17-/m1/s1. The summed E-state index contributed by atoms with van der Waals surface area (Å²) in [5, 5.41) is 13.1. The van der Waals surface area contributed by atoms with E-state index in [0.717, 1.165) is 6.20 Å². The number of aliphatic hydroxyl groups excluding tert-OH is 1. The van der Waals surface area contributed by atoms with Gasteiger partial charge in [-0.15, -0.1) is 0 Å². The van der Waals surface area contributed by atoms with E-state index in [0.29, 0.717) is 37.4 Å². The number of ether oxygens (including phenoxy) is 2. The Labute approximate surface area is 167 Å². The average molecular weight is 406 g/mol. The second-order valence-corrected chi connectivity index (χ2v) is 7.51. The molecule has 0 unspecified atom stereocenters. The lowest BCUT2D eigenvalue weighted by atomic mass is 10.1. The third kappa shape index (κ3) is 3.97. The molecule has 1 aromatic heterocycles.